The molecule has 4 nitrogen and oxygen atoms in total. The van der Waals surface area contributed by atoms with E-state index in [9.17, 15) is 9.59 Å². The number of rotatable bonds is 7. The summed E-state index contributed by atoms with van der Waals surface area (Å²) in [6.45, 7) is 6.65. The van der Waals surface area contributed by atoms with E-state index in [1.807, 2.05) is 74.3 Å². The first-order valence-electron chi connectivity index (χ1n) is 9.92. The maximum atomic E-state index is 13.3. The summed E-state index contributed by atoms with van der Waals surface area (Å²) in [5.74, 6) is -0.400. The van der Waals surface area contributed by atoms with Crippen molar-refractivity contribution in [3.63, 3.8) is 0 Å². The molecule has 2 amide bonds. The molecule has 1 heterocycles. The van der Waals surface area contributed by atoms with E-state index < -0.39 is 0 Å². The summed E-state index contributed by atoms with van der Waals surface area (Å²) in [7, 11) is 1.85. The molecule has 0 bridgehead atoms. The predicted octanol–water partition coefficient (Wildman–Crippen LogP) is 4.71. The monoisotopic (exact) mass is 376 g/mol. The number of para-hydroxylation sites is 1. The minimum Gasteiger partial charge on any atom is -0.339 e. The summed E-state index contributed by atoms with van der Waals surface area (Å²) < 4.78 is 0. The molecule has 0 fully saturated rings. The van der Waals surface area contributed by atoms with Crippen molar-refractivity contribution >= 4 is 23.1 Å². The molecule has 0 atom stereocenters. The van der Waals surface area contributed by atoms with Crippen LogP contribution in [0.15, 0.2) is 54.2 Å². The Bertz CT molecular complexity index is 915. The van der Waals surface area contributed by atoms with Gasteiger partial charge in [0.05, 0.1) is 5.57 Å². The molecule has 0 aromatic heterocycles. The zero-order chi connectivity index (χ0) is 20.3. The molecular formula is C24H28N2O2. The van der Waals surface area contributed by atoms with Gasteiger partial charge in [0.2, 0.25) is 0 Å². The number of likely N-dealkylation sites (N-methyl/N-ethyl adjacent to an activating group) is 1. The lowest BCUT2D eigenvalue weighted by Crippen LogP contribution is -2.35. The zero-order valence-electron chi connectivity index (χ0n) is 17.2. The Balaban J connectivity index is 2.08. The van der Waals surface area contributed by atoms with Gasteiger partial charge in [-0.3, -0.25) is 14.5 Å². The van der Waals surface area contributed by atoms with Crippen molar-refractivity contribution in [2.24, 2.45) is 0 Å². The molecule has 0 aliphatic carbocycles. The lowest BCUT2D eigenvalue weighted by molar-refractivity contribution is -0.136. The average Bonchev–Trinajstić information content (AvgIpc) is 2.95. The molecule has 0 radical (unpaired) electrons. The van der Waals surface area contributed by atoms with E-state index >= 15 is 0 Å². The Morgan fingerprint density at radius 2 is 1.61 bits per heavy atom. The normalized spacial score (nSPS) is 14.2. The van der Waals surface area contributed by atoms with Crippen LogP contribution in [0, 0.1) is 13.8 Å². The van der Waals surface area contributed by atoms with Crippen LogP contribution < -0.4 is 4.90 Å². The minimum absolute atomic E-state index is 0.192. The summed E-state index contributed by atoms with van der Waals surface area (Å²) in [6.07, 6.45) is 2.88. The molecule has 4 heteroatoms. The third-order valence-corrected chi connectivity index (χ3v) is 5.40. The van der Waals surface area contributed by atoms with Gasteiger partial charge in [-0.2, -0.15) is 0 Å². The number of anilines is 1. The number of unbranched alkanes of at least 4 members (excludes halogenated alkanes) is 2. The number of hydrogen-bond donors (Lipinski definition) is 0. The van der Waals surface area contributed by atoms with E-state index in [2.05, 4.69) is 6.92 Å². The molecule has 28 heavy (non-hydrogen) atoms. The summed E-state index contributed by atoms with van der Waals surface area (Å²) >= 11 is 0. The molecule has 0 saturated heterocycles. The van der Waals surface area contributed by atoms with Crippen LogP contribution in [0.1, 0.15) is 42.9 Å². The Labute approximate surface area is 167 Å². The fourth-order valence-electron chi connectivity index (χ4n) is 3.54. The van der Waals surface area contributed by atoms with E-state index in [-0.39, 0.29) is 11.8 Å². The fraction of sp³-hybridized carbons (Fsp3) is 0.333. The number of carbonyl (C=O) groups excluding carboxylic acids is 2. The quantitative estimate of drug-likeness (QED) is 0.519. The van der Waals surface area contributed by atoms with Crippen molar-refractivity contribution in [3.05, 3.63) is 70.9 Å². The van der Waals surface area contributed by atoms with E-state index in [4.69, 9.17) is 0 Å². The zero-order valence-corrected chi connectivity index (χ0v) is 17.2. The Morgan fingerprint density at radius 1 is 0.893 bits per heavy atom. The standard InChI is InChI=1S/C24H28N2O2/c1-5-6-10-15-26-23(27)21(19-14-13-17(2)18(3)16-19)22(24(26)28)25(4)20-11-8-7-9-12-20/h7-9,11-14,16H,5-6,10,15H2,1-4H3. The number of hydrogen-bond acceptors (Lipinski definition) is 3. The molecule has 3 rings (SSSR count). The van der Waals surface area contributed by atoms with Gasteiger partial charge in [0.1, 0.15) is 5.70 Å². The second-order valence-electron chi connectivity index (χ2n) is 7.39. The van der Waals surface area contributed by atoms with Crippen molar-refractivity contribution in [2.75, 3.05) is 18.5 Å². The summed E-state index contributed by atoms with van der Waals surface area (Å²) in [6, 6.07) is 15.7. The van der Waals surface area contributed by atoms with Crippen LogP contribution in [-0.2, 0) is 9.59 Å². The first kappa shape index (κ1) is 19.9. The summed E-state index contributed by atoms with van der Waals surface area (Å²) in [4.78, 5) is 29.8. The van der Waals surface area contributed by atoms with Gasteiger partial charge in [0, 0.05) is 19.3 Å². The summed E-state index contributed by atoms with van der Waals surface area (Å²) in [5.41, 5.74) is 4.91. The van der Waals surface area contributed by atoms with Gasteiger partial charge in [0.25, 0.3) is 11.8 Å². The predicted molar refractivity (Wildman–Crippen MR) is 114 cm³/mol. The second-order valence-corrected chi connectivity index (χ2v) is 7.39. The van der Waals surface area contributed by atoms with Crippen molar-refractivity contribution in [1.82, 2.24) is 4.90 Å². The molecule has 0 spiro atoms. The van der Waals surface area contributed by atoms with E-state index in [1.54, 1.807) is 0 Å². The Morgan fingerprint density at radius 3 is 2.25 bits per heavy atom. The number of nitrogens with zero attached hydrogens (tertiary/aromatic N) is 2. The Kier molecular flexibility index (Phi) is 5.98. The van der Waals surface area contributed by atoms with Gasteiger partial charge in [-0.1, -0.05) is 56.2 Å². The highest BCUT2D eigenvalue weighted by Gasteiger charge is 2.40. The highest BCUT2D eigenvalue weighted by molar-refractivity contribution is 6.36. The third kappa shape index (κ3) is 3.72. The van der Waals surface area contributed by atoms with Crippen LogP contribution in [0.5, 0.6) is 0 Å². The van der Waals surface area contributed by atoms with Crippen molar-refractivity contribution in [3.8, 4) is 0 Å². The average molecular weight is 377 g/mol. The maximum Gasteiger partial charge on any atom is 0.278 e. The lowest BCUT2D eigenvalue weighted by Gasteiger charge is -2.21. The smallest absolute Gasteiger partial charge is 0.278 e. The van der Waals surface area contributed by atoms with Gasteiger partial charge in [-0.15, -0.1) is 0 Å². The SMILES string of the molecule is CCCCCN1C(=O)C(c2ccc(C)c(C)c2)=C(N(C)c2ccccc2)C1=O. The van der Waals surface area contributed by atoms with Crippen LogP contribution in [0.3, 0.4) is 0 Å². The van der Waals surface area contributed by atoms with Crippen molar-refractivity contribution < 1.29 is 9.59 Å². The molecule has 2 aromatic carbocycles. The number of amides is 2. The van der Waals surface area contributed by atoms with Crippen molar-refractivity contribution in [2.45, 2.75) is 40.0 Å². The third-order valence-electron chi connectivity index (χ3n) is 5.40. The minimum atomic E-state index is -0.208. The highest BCUT2D eigenvalue weighted by Crippen LogP contribution is 2.34. The fourth-order valence-corrected chi connectivity index (χ4v) is 3.54. The van der Waals surface area contributed by atoms with Gasteiger partial charge < -0.3 is 4.90 Å². The van der Waals surface area contributed by atoms with Crippen LogP contribution in [0.2, 0.25) is 0 Å². The number of benzene rings is 2. The van der Waals surface area contributed by atoms with Gasteiger partial charge in [0.15, 0.2) is 0 Å². The highest BCUT2D eigenvalue weighted by atomic mass is 16.2. The molecule has 146 valence electrons. The molecule has 1 aliphatic rings. The molecule has 0 unspecified atom stereocenters. The Hall–Kier alpha value is -2.88. The largest absolute Gasteiger partial charge is 0.339 e. The first-order chi connectivity index (χ1) is 13.5. The lowest BCUT2D eigenvalue weighted by atomic mass is 9.99. The van der Waals surface area contributed by atoms with Crippen LogP contribution in [-0.4, -0.2) is 30.3 Å². The van der Waals surface area contributed by atoms with Gasteiger partial charge >= 0.3 is 0 Å². The number of aryl methyl sites for hydroxylation is 2. The first-order valence-corrected chi connectivity index (χ1v) is 9.92. The van der Waals surface area contributed by atoms with E-state index in [0.717, 1.165) is 36.1 Å². The molecular weight excluding hydrogens is 348 g/mol. The van der Waals surface area contributed by atoms with Crippen LogP contribution in [0.25, 0.3) is 5.57 Å². The molecule has 1 aliphatic heterocycles. The molecule has 2 aromatic rings. The van der Waals surface area contributed by atoms with Crippen LogP contribution >= 0.6 is 0 Å². The van der Waals surface area contributed by atoms with Gasteiger partial charge in [-0.25, -0.2) is 0 Å². The second kappa shape index (κ2) is 8.42. The molecule has 0 N–H and O–H groups in total. The van der Waals surface area contributed by atoms with Crippen molar-refractivity contribution in [1.29, 1.82) is 0 Å². The maximum absolute atomic E-state index is 13.3. The molecule has 0 saturated carbocycles. The summed E-state index contributed by atoms with van der Waals surface area (Å²) in [5, 5.41) is 0. The van der Waals surface area contributed by atoms with Gasteiger partial charge in [-0.05, 0) is 49.1 Å². The number of imide groups is 1. The van der Waals surface area contributed by atoms with Crippen LogP contribution in [0.4, 0.5) is 5.69 Å². The van der Waals surface area contributed by atoms with E-state index in [0.29, 0.717) is 17.8 Å². The van der Waals surface area contributed by atoms with E-state index in [1.165, 1.54) is 10.5 Å². The number of carbonyl (C=O) groups is 2. The topological polar surface area (TPSA) is 40.6 Å².